The van der Waals surface area contributed by atoms with E-state index in [0.717, 1.165) is 26.6 Å². The highest BCUT2D eigenvalue weighted by Crippen LogP contribution is 2.28. The summed E-state index contributed by atoms with van der Waals surface area (Å²) in [7, 11) is 0. The van der Waals surface area contributed by atoms with Crippen LogP contribution in [0.3, 0.4) is 0 Å². The van der Waals surface area contributed by atoms with Crippen molar-refractivity contribution in [1.82, 2.24) is 9.36 Å². The van der Waals surface area contributed by atoms with Crippen LogP contribution < -0.4 is 0 Å². The maximum atomic E-state index is 10.4. The van der Waals surface area contributed by atoms with E-state index < -0.39 is 5.97 Å². The average Bonchev–Trinajstić information content (AvgIpc) is 2.95. The number of thioether (sulfide) groups is 1. The summed E-state index contributed by atoms with van der Waals surface area (Å²) in [6.45, 7) is 0. The summed E-state index contributed by atoms with van der Waals surface area (Å²) < 4.78 is 4.85. The average molecular weight is 284 g/mol. The molecule has 2 heterocycles. The predicted octanol–water partition coefficient (Wildman–Crippen LogP) is 2.99. The normalized spacial score (nSPS) is 11.1. The first kappa shape index (κ1) is 12.3. The van der Waals surface area contributed by atoms with Crippen molar-refractivity contribution < 1.29 is 9.90 Å². The van der Waals surface area contributed by atoms with Crippen molar-refractivity contribution in [3.8, 4) is 0 Å². The number of carbonyl (C=O) groups is 1. The number of hydrogen-bond donors (Lipinski definition) is 1. The fourth-order valence-corrected chi connectivity index (χ4v) is 3.57. The Balaban J connectivity index is 2.01. The third kappa shape index (κ3) is 3.65. The Morgan fingerprint density at radius 2 is 2.47 bits per heavy atom. The molecule has 17 heavy (non-hydrogen) atoms. The van der Waals surface area contributed by atoms with Gasteiger partial charge in [0, 0.05) is 16.7 Å². The number of hydrogen-bond acceptors (Lipinski definition) is 6. The van der Waals surface area contributed by atoms with Crippen molar-refractivity contribution in [3.05, 3.63) is 34.3 Å². The summed E-state index contributed by atoms with van der Waals surface area (Å²) in [5, 5.41) is 10.5. The van der Waals surface area contributed by atoms with Crippen LogP contribution in [0.4, 0.5) is 0 Å². The molecule has 7 heteroatoms. The Kier molecular flexibility index (Phi) is 4.29. The van der Waals surface area contributed by atoms with Gasteiger partial charge < -0.3 is 5.11 Å². The van der Waals surface area contributed by atoms with Crippen LogP contribution in [0.1, 0.15) is 10.4 Å². The van der Waals surface area contributed by atoms with Gasteiger partial charge in [0.15, 0.2) is 4.34 Å². The molecule has 2 rings (SSSR count). The molecule has 4 nitrogen and oxygen atoms in total. The van der Waals surface area contributed by atoms with Crippen LogP contribution in [0.5, 0.6) is 0 Å². The second-order valence-electron chi connectivity index (χ2n) is 2.97. The molecule has 1 N–H and O–H groups in total. The van der Waals surface area contributed by atoms with Crippen LogP contribution in [-0.2, 0) is 10.5 Å². The quantitative estimate of drug-likeness (QED) is 0.675. The van der Waals surface area contributed by atoms with Crippen LogP contribution in [0.25, 0.3) is 6.08 Å². The highest BCUT2D eigenvalue weighted by Gasteiger charge is 2.04. The van der Waals surface area contributed by atoms with E-state index in [1.807, 2.05) is 11.4 Å². The van der Waals surface area contributed by atoms with Gasteiger partial charge >= 0.3 is 5.97 Å². The van der Waals surface area contributed by atoms with Gasteiger partial charge in [0.2, 0.25) is 0 Å². The maximum Gasteiger partial charge on any atom is 0.328 e. The summed E-state index contributed by atoms with van der Waals surface area (Å²) in [4.78, 5) is 15.7. The monoisotopic (exact) mass is 284 g/mol. The standard InChI is InChI=1S/C10H8N2O2S3/c13-9(14)2-1-7-3-4-15-8(7)5-16-10-11-6-12-17-10/h1-4,6H,5H2,(H,13,14). The lowest BCUT2D eigenvalue weighted by molar-refractivity contribution is -0.131. The minimum Gasteiger partial charge on any atom is -0.478 e. The molecule has 0 aliphatic rings. The molecule has 0 aromatic carbocycles. The van der Waals surface area contributed by atoms with Gasteiger partial charge in [0.05, 0.1) is 0 Å². The van der Waals surface area contributed by atoms with Crippen LogP contribution in [0.15, 0.2) is 28.2 Å². The number of carboxylic acids is 1. The maximum absolute atomic E-state index is 10.4. The SMILES string of the molecule is O=C(O)C=Cc1ccsc1CSc1ncns1. The number of aliphatic carboxylic acids is 1. The summed E-state index contributed by atoms with van der Waals surface area (Å²) >= 11 is 4.58. The fraction of sp³-hybridized carbons (Fsp3) is 0.100. The van der Waals surface area contributed by atoms with Gasteiger partial charge in [0.1, 0.15) is 6.33 Å². The first-order chi connectivity index (χ1) is 8.25. The van der Waals surface area contributed by atoms with Gasteiger partial charge in [-0.15, -0.1) is 11.3 Å². The van der Waals surface area contributed by atoms with Crippen LogP contribution in [0, 0.1) is 0 Å². The molecule has 0 radical (unpaired) electrons. The lowest BCUT2D eigenvalue weighted by Crippen LogP contribution is -1.86. The van der Waals surface area contributed by atoms with Gasteiger partial charge in [0.25, 0.3) is 0 Å². The second kappa shape index (κ2) is 5.95. The third-order valence-electron chi connectivity index (χ3n) is 1.85. The largest absolute Gasteiger partial charge is 0.478 e. The Hall–Kier alpha value is -1.18. The van der Waals surface area contributed by atoms with Gasteiger partial charge in [-0.05, 0) is 34.6 Å². The van der Waals surface area contributed by atoms with Crippen LogP contribution in [0.2, 0.25) is 0 Å². The van der Waals surface area contributed by atoms with Crippen LogP contribution >= 0.6 is 34.6 Å². The van der Waals surface area contributed by atoms with E-state index in [2.05, 4.69) is 9.36 Å². The Morgan fingerprint density at radius 1 is 1.59 bits per heavy atom. The van der Waals surface area contributed by atoms with Gasteiger partial charge in [-0.3, -0.25) is 0 Å². The van der Waals surface area contributed by atoms with Crippen molar-refractivity contribution >= 4 is 46.7 Å². The fourth-order valence-electron chi connectivity index (χ4n) is 1.13. The minimum atomic E-state index is -0.932. The highest BCUT2D eigenvalue weighted by molar-refractivity contribution is 8.00. The third-order valence-corrected chi connectivity index (χ3v) is 4.80. The molecule has 0 spiro atoms. The summed E-state index contributed by atoms with van der Waals surface area (Å²) in [6, 6.07) is 1.92. The van der Waals surface area contributed by atoms with E-state index in [-0.39, 0.29) is 0 Å². The van der Waals surface area contributed by atoms with E-state index in [4.69, 9.17) is 5.11 Å². The van der Waals surface area contributed by atoms with Gasteiger partial charge in [-0.2, -0.15) is 4.37 Å². The zero-order chi connectivity index (χ0) is 12.1. The lowest BCUT2D eigenvalue weighted by atomic mass is 10.2. The van der Waals surface area contributed by atoms with Crippen LogP contribution in [-0.4, -0.2) is 20.4 Å². The number of carboxylic acid groups (broad SMARTS) is 1. The zero-order valence-electron chi connectivity index (χ0n) is 8.57. The topological polar surface area (TPSA) is 63.1 Å². The highest BCUT2D eigenvalue weighted by atomic mass is 32.2. The van der Waals surface area contributed by atoms with Crippen molar-refractivity contribution in [2.24, 2.45) is 0 Å². The molecule has 0 atom stereocenters. The molecule has 2 aromatic heterocycles. The molecular weight excluding hydrogens is 276 g/mol. The van der Waals surface area contributed by atoms with E-state index in [1.54, 1.807) is 29.2 Å². The smallest absolute Gasteiger partial charge is 0.328 e. The first-order valence-corrected chi connectivity index (χ1v) is 7.26. The second-order valence-corrected chi connectivity index (χ2v) is 5.97. The van der Waals surface area contributed by atoms with E-state index in [0.29, 0.717) is 0 Å². The Morgan fingerprint density at radius 3 is 3.18 bits per heavy atom. The van der Waals surface area contributed by atoms with Crippen molar-refractivity contribution in [3.63, 3.8) is 0 Å². The number of nitrogens with zero attached hydrogens (tertiary/aromatic N) is 2. The van der Waals surface area contributed by atoms with E-state index in [1.165, 1.54) is 17.9 Å². The molecule has 0 aliphatic carbocycles. The van der Waals surface area contributed by atoms with Crippen molar-refractivity contribution in [2.75, 3.05) is 0 Å². The van der Waals surface area contributed by atoms with Gasteiger partial charge in [-0.1, -0.05) is 11.8 Å². The van der Waals surface area contributed by atoms with Gasteiger partial charge in [-0.25, -0.2) is 9.78 Å². The molecule has 2 aromatic rings. The Bertz CT molecular complexity index is 519. The van der Waals surface area contributed by atoms with E-state index >= 15 is 0 Å². The molecule has 0 bridgehead atoms. The molecular formula is C10H8N2O2S3. The summed E-state index contributed by atoms with van der Waals surface area (Å²) in [5.74, 6) is -0.148. The molecule has 0 unspecified atom stereocenters. The Labute approximate surface area is 110 Å². The van der Waals surface area contributed by atoms with Crippen molar-refractivity contribution in [2.45, 2.75) is 10.1 Å². The summed E-state index contributed by atoms with van der Waals surface area (Å²) in [5.41, 5.74) is 0.953. The predicted molar refractivity (Wildman–Crippen MR) is 70.5 cm³/mol. The molecule has 0 saturated heterocycles. The zero-order valence-corrected chi connectivity index (χ0v) is 11.0. The van der Waals surface area contributed by atoms with E-state index in [9.17, 15) is 4.79 Å². The summed E-state index contributed by atoms with van der Waals surface area (Å²) in [6.07, 6.45) is 4.31. The lowest BCUT2D eigenvalue weighted by Gasteiger charge is -1.96. The van der Waals surface area contributed by atoms with Crippen molar-refractivity contribution in [1.29, 1.82) is 0 Å². The minimum absolute atomic E-state index is 0.784. The molecule has 0 amide bonds. The molecule has 88 valence electrons. The molecule has 0 fully saturated rings. The molecule has 0 aliphatic heterocycles. The first-order valence-electron chi connectivity index (χ1n) is 4.62. The molecule has 0 saturated carbocycles. The number of rotatable bonds is 5. The number of aromatic nitrogens is 2. The number of thiophene rings is 1.